The van der Waals surface area contributed by atoms with Crippen molar-refractivity contribution in [3.05, 3.63) is 36.5 Å². The van der Waals surface area contributed by atoms with Crippen molar-refractivity contribution in [3.8, 4) is 0 Å². The average Bonchev–Trinajstić information content (AvgIpc) is 3.04. The molecular formula is C13H13N3O4S2. The van der Waals surface area contributed by atoms with Crippen molar-refractivity contribution in [2.45, 2.75) is 10.9 Å². The third kappa shape index (κ3) is 2.45. The minimum atomic E-state index is -3.89. The van der Waals surface area contributed by atoms with Crippen molar-refractivity contribution < 1.29 is 18.4 Å². The molecule has 1 atom stereocenters. The number of hydroxylamine groups is 1. The van der Waals surface area contributed by atoms with Gasteiger partial charge in [0.1, 0.15) is 10.9 Å². The zero-order valence-electron chi connectivity index (χ0n) is 11.3. The molecule has 0 saturated carbocycles. The number of rotatable bonds is 3. The lowest BCUT2D eigenvalue weighted by molar-refractivity contribution is -0.132. The smallest absolute Gasteiger partial charge is 0.262 e. The number of nitrogens with zero attached hydrogens (tertiary/aromatic N) is 2. The van der Waals surface area contributed by atoms with Crippen LogP contribution in [0.4, 0.5) is 0 Å². The summed E-state index contributed by atoms with van der Waals surface area (Å²) in [6, 6.07) is 7.46. The van der Waals surface area contributed by atoms with Crippen molar-refractivity contribution in [1.82, 2.24) is 14.8 Å². The molecule has 1 aliphatic rings. The first-order chi connectivity index (χ1) is 10.6. The van der Waals surface area contributed by atoms with E-state index in [2.05, 4.69) is 4.98 Å². The van der Waals surface area contributed by atoms with Crippen LogP contribution >= 0.6 is 11.8 Å². The summed E-state index contributed by atoms with van der Waals surface area (Å²) in [4.78, 5) is 15.9. The second kappa shape index (κ2) is 5.84. The van der Waals surface area contributed by atoms with Crippen LogP contribution in [-0.2, 0) is 14.8 Å². The number of thioether (sulfide) groups is 1. The number of aromatic nitrogens is 1. The molecule has 22 heavy (non-hydrogen) atoms. The molecule has 1 aromatic carbocycles. The van der Waals surface area contributed by atoms with Crippen LogP contribution in [0.25, 0.3) is 10.9 Å². The van der Waals surface area contributed by atoms with E-state index in [4.69, 9.17) is 5.21 Å². The highest BCUT2D eigenvalue weighted by Crippen LogP contribution is 2.31. The highest BCUT2D eigenvalue weighted by atomic mass is 32.2. The summed E-state index contributed by atoms with van der Waals surface area (Å²) >= 11 is 1.32. The molecule has 3 rings (SSSR count). The second-order valence-electron chi connectivity index (χ2n) is 4.72. The predicted molar refractivity (Wildman–Crippen MR) is 81.8 cm³/mol. The van der Waals surface area contributed by atoms with Gasteiger partial charge in [0.25, 0.3) is 5.91 Å². The van der Waals surface area contributed by atoms with Crippen LogP contribution in [0.1, 0.15) is 0 Å². The van der Waals surface area contributed by atoms with Crippen LogP contribution in [0.5, 0.6) is 0 Å². The van der Waals surface area contributed by atoms with E-state index in [0.29, 0.717) is 16.7 Å². The summed E-state index contributed by atoms with van der Waals surface area (Å²) in [5, 5.41) is 9.49. The first-order valence-corrected chi connectivity index (χ1v) is 9.02. The van der Waals surface area contributed by atoms with Crippen molar-refractivity contribution in [1.29, 1.82) is 0 Å². The maximum atomic E-state index is 12.9. The monoisotopic (exact) mass is 339 g/mol. The molecule has 1 fully saturated rings. The van der Waals surface area contributed by atoms with Gasteiger partial charge in [-0.05, 0) is 12.1 Å². The summed E-state index contributed by atoms with van der Waals surface area (Å²) in [5.74, 6) is -0.283. The molecule has 0 unspecified atom stereocenters. The van der Waals surface area contributed by atoms with Crippen LogP contribution in [0.15, 0.2) is 41.4 Å². The molecule has 0 radical (unpaired) electrons. The number of sulfonamides is 1. The van der Waals surface area contributed by atoms with Crippen molar-refractivity contribution in [2.75, 3.05) is 11.6 Å². The number of hydrogen-bond acceptors (Lipinski definition) is 6. The maximum Gasteiger partial charge on any atom is 0.262 e. The Morgan fingerprint density at radius 2 is 2.14 bits per heavy atom. The number of hydrogen-bond donors (Lipinski definition) is 2. The molecule has 2 aromatic rings. The standard InChI is InChI=1S/C13H13N3O4S2/c17-13(15-18)10-7-21-8-16(10)22(19,20)11-5-1-3-9-4-2-6-14-12(9)11/h1-6,10,18H,7-8H2,(H,15,17)/t10-/m0/s1. The van der Waals surface area contributed by atoms with E-state index in [1.165, 1.54) is 29.5 Å². The lowest BCUT2D eigenvalue weighted by Crippen LogP contribution is -2.46. The highest BCUT2D eigenvalue weighted by Gasteiger charge is 2.40. The van der Waals surface area contributed by atoms with Crippen molar-refractivity contribution in [3.63, 3.8) is 0 Å². The largest absolute Gasteiger partial charge is 0.289 e. The van der Waals surface area contributed by atoms with Crippen LogP contribution in [0, 0.1) is 0 Å². The Bertz CT molecular complexity index is 820. The first-order valence-electron chi connectivity index (χ1n) is 6.43. The van der Waals surface area contributed by atoms with Crippen LogP contribution in [0.3, 0.4) is 0 Å². The Morgan fingerprint density at radius 3 is 2.91 bits per heavy atom. The number of carbonyl (C=O) groups is 1. The van der Waals surface area contributed by atoms with E-state index >= 15 is 0 Å². The minimum Gasteiger partial charge on any atom is -0.289 e. The molecule has 1 aliphatic heterocycles. The molecule has 1 amide bonds. The number of pyridine rings is 1. The molecule has 0 bridgehead atoms. The van der Waals surface area contributed by atoms with Crippen molar-refractivity contribution >= 4 is 38.6 Å². The van der Waals surface area contributed by atoms with E-state index < -0.39 is 22.0 Å². The zero-order valence-corrected chi connectivity index (χ0v) is 13.0. The Morgan fingerprint density at radius 1 is 1.36 bits per heavy atom. The molecule has 2 N–H and O–H groups in total. The third-order valence-electron chi connectivity index (χ3n) is 3.44. The Hall–Kier alpha value is -1.68. The van der Waals surface area contributed by atoms with E-state index in [0.717, 1.165) is 4.31 Å². The lowest BCUT2D eigenvalue weighted by Gasteiger charge is -2.21. The normalized spacial score (nSPS) is 19.4. The van der Waals surface area contributed by atoms with Gasteiger partial charge in [0.15, 0.2) is 0 Å². The fourth-order valence-corrected chi connectivity index (χ4v) is 5.67. The van der Waals surface area contributed by atoms with Gasteiger partial charge in [-0.2, -0.15) is 4.31 Å². The Labute approximate surface area is 131 Å². The van der Waals surface area contributed by atoms with E-state index in [-0.39, 0.29) is 10.8 Å². The predicted octanol–water partition coefficient (Wildman–Crippen LogP) is 0.804. The van der Waals surface area contributed by atoms with E-state index in [9.17, 15) is 13.2 Å². The van der Waals surface area contributed by atoms with Gasteiger partial charge >= 0.3 is 0 Å². The molecule has 1 aromatic heterocycles. The summed E-state index contributed by atoms with van der Waals surface area (Å²) < 4.78 is 26.9. The van der Waals surface area contributed by atoms with Gasteiger partial charge in [0.05, 0.1) is 11.4 Å². The molecule has 0 spiro atoms. The quantitative estimate of drug-likeness (QED) is 0.634. The highest BCUT2D eigenvalue weighted by molar-refractivity contribution is 8.00. The summed E-state index contributed by atoms with van der Waals surface area (Å²) in [6.45, 7) is 0. The van der Waals surface area contributed by atoms with Gasteiger partial charge in [0.2, 0.25) is 10.0 Å². The fraction of sp³-hybridized carbons (Fsp3) is 0.231. The Balaban J connectivity index is 2.11. The van der Waals surface area contributed by atoms with Crippen LogP contribution < -0.4 is 5.48 Å². The van der Waals surface area contributed by atoms with Gasteiger partial charge in [-0.25, -0.2) is 13.9 Å². The Kier molecular flexibility index (Phi) is 4.04. The van der Waals surface area contributed by atoms with Gasteiger partial charge in [0, 0.05) is 17.3 Å². The summed E-state index contributed by atoms with van der Waals surface area (Å²) in [5.41, 5.74) is 1.89. The van der Waals surface area contributed by atoms with Crippen LogP contribution in [-0.4, -0.2) is 46.5 Å². The third-order valence-corrected chi connectivity index (χ3v) is 6.50. The molecular weight excluding hydrogens is 326 g/mol. The first kappa shape index (κ1) is 15.2. The lowest BCUT2D eigenvalue weighted by atomic mass is 10.2. The van der Waals surface area contributed by atoms with Gasteiger partial charge in [-0.3, -0.25) is 15.0 Å². The number of carbonyl (C=O) groups excluding carboxylic acids is 1. The van der Waals surface area contributed by atoms with Gasteiger partial charge < -0.3 is 0 Å². The van der Waals surface area contributed by atoms with Gasteiger partial charge in [-0.1, -0.05) is 18.2 Å². The maximum absolute atomic E-state index is 12.9. The average molecular weight is 339 g/mol. The molecule has 7 nitrogen and oxygen atoms in total. The van der Waals surface area contributed by atoms with Crippen LogP contribution in [0.2, 0.25) is 0 Å². The number of para-hydroxylation sites is 1. The molecule has 2 heterocycles. The molecule has 116 valence electrons. The molecule has 9 heteroatoms. The number of benzene rings is 1. The topological polar surface area (TPSA) is 99.6 Å². The number of nitrogens with one attached hydrogen (secondary N) is 1. The summed E-state index contributed by atoms with van der Waals surface area (Å²) in [6.07, 6.45) is 1.53. The van der Waals surface area contributed by atoms with Crippen molar-refractivity contribution in [2.24, 2.45) is 0 Å². The van der Waals surface area contributed by atoms with E-state index in [1.807, 2.05) is 0 Å². The summed E-state index contributed by atoms with van der Waals surface area (Å²) in [7, 11) is -3.89. The second-order valence-corrected chi connectivity index (χ2v) is 7.57. The number of fused-ring (bicyclic) bond motifs is 1. The van der Waals surface area contributed by atoms with Gasteiger partial charge in [-0.15, -0.1) is 11.8 Å². The number of amides is 1. The van der Waals surface area contributed by atoms with E-state index in [1.54, 1.807) is 24.3 Å². The SMILES string of the molecule is O=C(NO)[C@@H]1CSCN1S(=O)(=O)c1cccc2cccnc12. The molecule has 0 aliphatic carbocycles. The molecule has 1 saturated heterocycles. The zero-order chi connectivity index (χ0) is 15.7. The minimum absolute atomic E-state index is 0.0591. The fourth-order valence-electron chi connectivity index (χ4n) is 2.36.